The van der Waals surface area contributed by atoms with Gasteiger partial charge in [0.1, 0.15) is 0 Å². The first kappa shape index (κ1) is 11.7. The summed E-state index contributed by atoms with van der Waals surface area (Å²) >= 11 is 0. The van der Waals surface area contributed by atoms with E-state index < -0.39 is 0 Å². The van der Waals surface area contributed by atoms with Gasteiger partial charge in [0.2, 0.25) is 0 Å². The van der Waals surface area contributed by atoms with Crippen LogP contribution in [0.15, 0.2) is 11.6 Å². The molecule has 72 valence electrons. The molecule has 1 unspecified atom stereocenters. The molecule has 0 aliphatic rings. The summed E-state index contributed by atoms with van der Waals surface area (Å²) in [6.45, 7) is 11.4. The Bertz CT molecular complexity index is 131. The molecule has 1 atom stereocenters. The standard InChI is InChI=1S/C12H24/c1-6-11(4)9-12(5)8-7-10(2)3/h9-10,12H,6-8H2,1-5H3. The van der Waals surface area contributed by atoms with Crippen molar-refractivity contribution in [2.24, 2.45) is 11.8 Å². The van der Waals surface area contributed by atoms with Crippen LogP contribution in [0.2, 0.25) is 0 Å². The van der Waals surface area contributed by atoms with Gasteiger partial charge in [0.15, 0.2) is 0 Å². The minimum Gasteiger partial charge on any atom is -0.0828 e. The molecule has 0 nitrogen and oxygen atoms in total. The Labute approximate surface area is 78.1 Å². The fourth-order valence-corrected chi connectivity index (χ4v) is 1.28. The molecule has 0 aliphatic heterocycles. The van der Waals surface area contributed by atoms with Crippen molar-refractivity contribution >= 4 is 0 Å². The van der Waals surface area contributed by atoms with Crippen LogP contribution in [0.5, 0.6) is 0 Å². The van der Waals surface area contributed by atoms with E-state index in [1.807, 2.05) is 0 Å². The third-order valence-corrected chi connectivity index (χ3v) is 2.33. The summed E-state index contributed by atoms with van der Waals surface area (Å²) in [7, 11) is 0. The highest BCUT2D eigenvalue weighted by Crippen LogP contribution is 2.15. The summed E-state index contributed by atoms with van der Waals surface area (Å²) in [4.78, 5) is 0. The number of rotatable bonds is 5. The van der Waals surface area contributed by atoms with Crippen LogP contribution in [-0.2, 0) is 0 Å². The molecule has 0 aromatic heterocycles. The summed E-state index contributed by atoms with van der Waals surface area (Å²) in [5.41, 5.74) is 1.53. The minimum absolute atomic E-state index is 0.771. The van der Waals surface area contributed by atoms with Gasteiger partial charge >= 0.3 is 0 Å². The van der Waals surface area contributed by atoms with Gasteiger partial charge in [0, 0.05) is 0 Å². The topological polar surface area (TPSA) is 0 Å². The Balaban J connectivity index is 3.65. The second-order valence-electron chi connectivity index (χ2n) is 4.32. The van der Waals surface area contributed by atoms with E-state index in [0.29, 0.717) is 0 Å². The summed E-state index contributed by atoms with van der Waals surface area (Å²) in [6.07, 6.45) is 6.32. The van der Waals surface area contributed by atoms with Crippen molar-refractivity contribution in [1.29, 1.82) is 0 Å². The lowest BCUT2D eigenvalue weighted by atomic mass is 9.97. The molecule has 0 spiro atoms. The van der Waals surface area contributed by atoms with E-state index >= 15 is 0 Å². The van der Waals surface area contributed by atoms with Crippen molar-refractivity contribution in [3.05, 3.63) is 11.6 Å². The molecular formula is C12H24. The van der Waals surface area contributed by atoms with Crippen molar-refractivity contribution < 1.29 is 0 Å². The van der Waals surface area contributed by atoms with Crippen molar-refractivity contribution in [2.75, 3.05) is 0 Å². The van der Waals surface area contributed by atoms with Gasteiger partial charge in [-0.05, 0) is 31.6 Å². The van der Waals surface area contributed by atoms with E-state index in [0.717, 1.165) is 11.8 Å². The predicted molar refractivity (Wildman–Crippen MR) is 57.3 cm³/mol. The summed E-state index contributed by atoms with van der Waals surface area (Å²) in [5, 5.41) is 0. The summed E-state index contributed by atoms with van der Waals surface area (Å²) < 4.78 is 0. The van der Waals surface area contributed by atoms with Crippen molar-refractivity contribution in [3.63, 3.8) is 0 Å². The second kappa shape index (κ2) is 6.28. The minimum atomic E-state index is 0.771. The molecule has 0 N–H and O–H groups in total. The van der Waals surface area contributed by atoms with E-state index in [2.05, 4.69) is 40.7 Å². The maximum atomic E-state index is 2.42. The Morgan fingerprint density at radius 1 is 1.17 bits per heavy atom. The van der Waals surface area contributed by atoms with Gasteiger partial charge in [0.25, 0.3) is 0 Å². The molecule has 0 saturated carbocycles. The molecule has 0 heteroatoms. The van der Waals surface area contributed by atoms with Crippen LogP contribution in [0.1, 0.15) is 53.9 Å². The van der Waals surface area contributed by atoms with Gasteiger partial charge in [-0.2, -0.15) is 0 Å². The van der Waals surface area contributed by atoms with Gasteiger partial charge in [-0.25, -0.2) is 0 Å². The monoisotopic (exact) mass is 168 g/mol. The normalized spacial score (nSPS) is 15.3. The largest absolute Gasteiger partial charge is 0.0828 e. The van der Waals surface area contributed by atoms with Crippen LogP contribution in [0.4, 0.5) is 0 Å². The van der Waals surface area contributed by atoms with Gasteiger partial charge in [0.05, 0.1) is 0 Å². The molecule has 12 heavy (non-hydrogen) atoms. The average molecular weight is 168 g/mol. The SMILES string of the molecule is CCC(C)=CC(C)CCC(C)C. The maximum Gasteiger partial charge on any atom is -0.0259 e. The zero-order valence-corrected chi connectivity index (χ0v) is 9.35. The van der Waals surface area contributed by atoms with Crippen LogP contribution in [0, 0.1) is 11.8 Å². The van der Waals surface area contributed by atoms with Crippen molar-refractivity contribution in [1.82, 2.24) is 0 Å². The van der Waals surface area contributed by atoms with Crippen LogP contribution < -0.4 is 0 Å². The van der Waals surface area contributed by atoms with Crippen molar-refractivity contribution in [3.8, 4) is 0 Å². The van der Waals surface area contributed by atoms with Crippen LogP contribution >= 0.6 is 0 Å². The Kier molecular flexibility index (Phi) is 6.14. The zero-order chi connectivity index (χ0) is 9.56. The smallest absolute Gasteiger partial charge is 0.0259 e. The first-order valence-electron chi connectivity index (χ1n) is 5.23. The van der Waals surface area contributed by atoms with E-state index in [1.54, 1.807) is 0 Å². The fourth-order valence-electron chi connectivity index (χ4n) is 1.28. The number of allylic oxidation sites excluding steroid dienone is 2. The van der Waals surface area contributed by atoms with Gasteiger partial charge in [-0.1, -0.05) is 45.8 Å². The Hall–Kier alpha value is -0.260. The van der Waals surface area contributed by atoms with Gasteiger partial charge < -0.3 is 0 Å². The van der Waals surface area contributed by atoms with Gasteiger partial charge in [-0.15, -0.1) is 0 Å². The summed E-state index contributed by atoms with van der Waals surface area (Å²) in [5.74, 6) is 1.62. The highest BCUT2D eigenvalue weighted by atomic mass is 14.1. The lowest BCUT2D eigenvalue weighted by Gasteiger charge is -2.09. The first-order valence-corrected chi connectivity index (χ1v) is 5.23. The van der Waals surface area contributed by atoms with Crippen molar-refractivity contribution in [2.45, 2.75) is 53.9 Å². The zero-order valence-electron chi connectivity index (χ0n) is 9.35. The molecule has 0 aromatic carbocycles. The molecule has 0 rings (SSSR count). The maximum absolute atomic E-state index is 2.42. The Morgan fingerprint density at radius 3 is 2.17 bits per heavy atom. The lowest BCUT2D eigenvalue weighted by molar-refractivity contribution is 0.500. The molecule has 0 aromatic rings. The molecule has 0 bridgehead atoms. The van der Waals surface area contributed by atoms with Crippen LogP contribution in [0.25, 0.3) is 0 Å². The molecule has 0 radical (unpaired) electrons. The predicted octanol–water partition coefficient (Wildman–Crippen LogP) is 4.42. The number of hydrogen-bond donors (Lipinski definition) is 0. The average Bonchev–Trinajstić information content (AvgIpc) is 2.00. The van der Waals surface area contributed by atoms with Crippen LogP contribution in [0.3, 0.4) is 0 Å². The molecule has 0 amide bonds. The second-order valence-corrected chi connectivity index (χ2v) is 4.32. The van der Waals surface area contributed by atoms with Gasteiger partial charge in [-0.3, -0.25) is 0 Å². The summed E-state index contributed by atoms with van der Waals surface area (Å²) in [6, 6.07) is 0. The Morgan fingerprint density at radius 2 is 1.75 bits per heavy atom. The van der Waals surface area contributed by atoms with E-state index in [9.17, 15) is 0 Å². The van der Waals surface area contributed by atoms with E-state index in [4.69, 9.17) is 0 Å². The number of hydrogen-bond acceptors (Lipinski definition) is 0. The van der Waals surface area contributed by atoms with E-state index in [1.165, 1.54) is 24.8 Å². The first-order chi connectivity index (χ1) is 5.56. The quantitative estimate of drug-likeness (QED) is 0.533. The third-order valence-electron chi connectivity index (χ3n) is 2.33. The molecular weight excluding hydrogens is 144 g/mol. The van der Waals surface area contributed by atoms with Crippen LogP contribution in [-0.4, -0.2) is 0 Å². The molecule has 0 saturated heterocycles. The highest BCUT2D eigenvalue weighted by molar-refractivity contribution is 4.99. The molecule has 0 fully saturated rings. The lowest BCUT2D eigenvalue weighted by Crippen LogP contribution is -1.95. The highest BCUT2D eigenvalue weighted by Gasteiger charge is 2.00. The fraction of sp³-hybridized carbons (Fsp3) is 0.833. The van der Waals surface area contributed by atoms with E-state index in [-0.39, 0.29) is 0 Å². The third kappa shape index (κ3) is 6.45. The molecule has 0 heterocycles. The molecule has 0 aliphatic carbocycles.